The quantitative estimate of drug-likeness (QED) is 0.373. The fourth-order valence-electron chi connectivity index (χ4n) is 4.04. The molecule has 1 aromatic heterocycles. The van der Waals surface area contributed by atoms with Crippen molar-refractivity contribution in [3.8, 4) is 11.4 Å². The second-order valence-corrected chi connectivity index (χ2v) is 10.5. The van der Waals surface area contributed by atoms with E-state index in [1.807, 2.05) is 4.90 Å². The molecule has 0 saturated carbocycles. The summed E-state index contributed by atoms with van der Waals surface area (Å²) in [5.74, 6) is -0.939. The highest BCUT2D eigenvalue weighted by Crippen LogP contribution is 2.54. The zero-order chi connectivity index (χ0) is 22.2. The minimum Gasteiger partial charge on any atom is -0.396 e. The number of nitrogens with one attached hydrogen (secondary N) is 1. The molecule has 1 saturated heterocycles. The number of hydrogen-bond donors (Lipinski definition) is 4. The lowest BCUT2D eigenvalue weighted by molar-refractivity contribution is 0.280. The van der Waals surface area contributed by atoms with E-state index in [1.54, 1.807) is 0 Å². The molecular weight excluding hydrogens is 450 g/mol. The van der Waals surface area contributed by atoms with Gasteiger partial charge in [-0.2, -0.15) is 10.6 Å². The first-order valence-electron chi connectivity index (χ1n) is 10.1. The fourth-order valence-corrected chi connectivity index (χ4v) is 5.73. The van der Waals surface area contributed by atoms with Crippen molar-refractivity contribution in [3.05, 3.63) is 40.0 Å². The molecule has 0 atom stereocenters. The predicted molar refractivity (Wildman–Crippen MR) is 118 cm³/mol. The summed E-state index contributed by atoms with van der Waals surface area (Å²) in [7, 11) is -2.87. The molecule has 3 heterocycles. The Labute approximate surface area is 185 Å². The Hall–Kier alpha value is -1.56. The predicted octanol–water partition coefficient (Wildman–Crippen LogP) is 3.78. The summed E-state index contributed by atoms with van der Waals surface area (Å²) in [6.45, 7) is 2.25. The normalized spacial score (nSPS) is 19.5. The van der Waals surface area contributed by atoms with E-state index in [9.17, 15) is 17.9 Å². The molecule has 2 aliphatic rings. The van der Waals surface area contributed by atoms with E-state index in [1.165, 1.54) is 0 Å². The molecule has 0 aliphatic carbocycles. The number of rotatable bonds is 6. The highest BCUT2D eigenvalue weighted by molar-refractivity contribution is 8.23. The van der Waals surface area contributed by atoms with Gasteiger partial charge in [-0.3, -0.25) is 9.11 Å². The van der Waals surface area contributed by atoms with Crippen LogP contribution in [0.15, 0.2) is 12.1 Å². The van der Waals surface area contributed by atoms with E-state index in [0.29, 0.717) is 42.6 Å². The molecule has 0 unspecified atom stereocenters. The smallest absolute Gasteiger partial charge is 0.164 e. The molecule has 0 bridgehead atoms. The number of aliphatic hydroxyl groups excluding tert-OH is 1. The SMILES string of the molecule is OCCCNC1CCN(c2nc(-c3cc(F)c(Cl)cc3F)nc3c2CS(O)(O)C3)CC1. The average molecular weight is 475 g/mol. The molecule has 31 heavy (non-hydrogen) atoms. The van der Waals surface area contributed by atoms with Gasteiger partial charge in [0.1, 0.15) is 17.5 Å². The van der Waals surface area contributed by atoms with Gasteiger partial charge in [-0.05, 0) is 37.9 Å². The Morgan fingerprint density at radius 1 is 1.13 bits per heavy atom. The van der Waals surface area contributed by atoms with E-state index in [4.69, 9.17) is 16.7 Å². The molecule has 0 amide bonds. The van der Waals surface area contributed by atoms with Gasteiger partial charge in [0.25, 0.3) is 0 Å². The third-order valence-electron chi connectivity index (χ3n) is 5.63. The molecule has 1 fully saturated rings. The van der Waals surface area contributed by atoms with Gasteiger partial charge in [-0.15, -0.1) is 0 Å². The molecular formula is C20H25ClF2N4O3S. The molecule has 4 N–H and O–H groups in total. The third kappa shape index (κ3) is 4.94. The van der Waals surface area contributed by atoms with Crippen LogP contribution < -0.4 is 10.2 Å². The molecule has 170 valence electrons. The maximum atomic E-state index is 14.5. The first kappa shape index (κ1) is 22.6. The van der Waals surface area contributed by atoms with Crippen LogP contribution in [-0.4, -0.2) is 56.5 Å². The van der Waals surface area contributed by atoms with Gasteiger partial charge in [0.15, 0.2) is 5.82 Å². The summed E-state index contributed by atoms with van der Waals surface area (Å²) in [6.07, 6.45) is 2.39. The van der Waals surface area contributed by atoms with Gasteiger partial charge in [0.2, 0.25) is 0 Å². The summed E-state index contributed by atoms with van der Waals surface area (Å²) in [5, 5.41) is 12.0. The molecule has 1 aromatic carbocycles. The van der Waals surface area contributed by atoms with Gasteiger partial charge >= 0.3 is 0 Å². The van der Waals surface area contributed by atoms with Gasteiger partial charge < -0.3 is 15.3 Å². The van der Waals surface area contributed by atoms with Crippen molar-refractivity contribution in [3.63, 3.8) is 0 Å². The zero-order valence-corrected chi connectivity index (χ0v) is 18.4. The van der Waals surface area contributed by atoms with Crippen molar-refractivity contribution in [1.29, 1.82) is 0 Å². The molecule has 4 rings (SSSR count). The van der Waals surface area contributed by atoms with Crippen molar-refractivity contribution in [1.82, 2.24) is 15.3 Å². The van der Waals surface area contributed by atoms with E-state index in [-0.39, 0.29) is 34.5 Å². The third-order valence-corrected chi connectivity index (χ3v) is 7.40. The molecule has 2 aliphatic heterocycles. The standard InChI is InChI=1S/C20H25ClF2N4O3S/c21-15-9-16(22)13(8-17(15)23)19-25-18-11-31(29,30)10-14(18)20(26-19)27-5-2-12(3-6-27)24-4-1-7-28/h8-9,12,24,28-30H,1-7,10-11H2. The average Bonchev–Trinajstić information content (AvgIpc) is 3.04. The maximum Gasteiger partial charge on any atom is 0.164 e. The lowest BCUT2D eigenvalue weighted by Gasteiger charge is -2.34. The van der Waals surface area contributed by atoms with Crippen LogP contribution in [0.3, 0.4) is 0 Å². The second-order valence-electron chi connectivity index (χ2n) is 7.93. The molecule has 11 heteroatoms. The van der Waals surface area contributed by atoms with Crippen LogP contribution in [-0.2, 0) is 11.5 Å². The second kappa shape index (κ2) is 9.13. The van der Waals surface area contributed by atoms with Crippen molar-refractivity contribution in [2.24, 2.45) is 0 Å². The Balaban J connectivity index is 1.65. The summed E-state index contributed by atoms with van der Waals surface area (Å²) in [4.78, 5) is 10.9. The first-order chi connectivity index (χ1) is 14.8. The lowest BCUT2D eigenvalue weighted by atomic mass is 10.0. The number of aromatic nitrogens is 2. The monoisotopic (exact) mass is 474 g/mol. The first-order valence-corrected chi connectivity index (χ1v) is 12.4. The van der Waals surface area contributed by atoms with E-state index in [0.717, 1.165) is 31.5 Å². The molecule has 7 nitrogen and oxygen atoms in total. The summed E-state index contributed by atoms with van der Waals surface area (Å²) in [6, 6.07) is 2.17. The van der Waals surface area contributed by atoms with Crippen molar-refractivity contribution in [2.45, 2.75) is 36.8 Å². The number of halogens is 3. The Morgan fingerprint density at radius 3 is 2.58 bits per heavy atom. The minimum atomic E-state index is -2.87. The summed E-state index contributed by atoms with van der Waals surface area (Å²) >= 11 is 5.67. The van der Waals surface area contributed by atoms with Gasteiger partial charge in [-0.25, -0.2) is 18.7 Å². The van der Waals surface area contributed by atoms with Crippen molar-refractivity contribution >= 4 is 28.0 Å². The Bertz CT molecular complexity index is 974. The lowest BCUT2D eigenvalue weighted by Crippen LogP contribution is -2.43. The van der Waals surface area contributed by atoms with Crippen LogP contribution in [0, 0.1) is 11.6 Å². The van der Waals surface area contributed by atoms with Crippen molar-refractivity contribution in [2.75, 3.05) is 31.1 Å². The van der Waals surface area contributed by atoms with Gasteiger partial charge in [0, 0.05) is 31.3 Å². The minimum absolute atomic E-state index is 0.00195. The zero-order valence-electron chi connectivity index (χ0n) is 16.8. The number of benzene rings is 1. The maximum absolute atomic E-state index is 14.5. The van der Waals surface area contributed by atoms with E-state index >= 15 is 0 Å². The van der Waals surface area contributed by atoms with Crippen LogP contribution in [0.2, 0.25) is 5.02 Å². The van der Waals surface area contributed by atoms with Crippen LogP contribution in [0.4, 0.5) is 14.6 Å². The van der Waals surface area contributed by atoms with Crippen LogP contribution in [0.25, 0.3) is 11.4 Å². The molecule has 0 spiro atoms. The number of nitrogens with zero attached hydrogens (tertiary/aromatic N) is 3. The number of piperidine rings is 1. The van der Waals surface area contributed by atoms with Crippen molar-refractivity contribution < 1.29 is 23.0 Å². The van der Waals surface area contributed by atoms with E-state index in [2.05, 4.69) is 15.3 Å². The largest absolute Gasteiger partial charge is 0.396 e. The number of aliphatic hydroxyl groups is 1. The molecule has 0 radical (unpaired) electrons. The number of hydrogen-bond acceptors (Lipinski definition) is 7. The Morgan fingerprint density at radius 2 is 1.87 bits per heavy atom. The van der Waals surface area contributed by atoms with Crippen LogP contribution >= 0.6 is 22.2 Å². The fraction of sp³-hybridized carbons (Fsp3) is 0.500. The van der Waals surface area contributed by atoms with Gasteiger partial charge in [-0.1, -0.05) is 11.6 Å². The topological polar surface area (TPSA) is 102 Å². The highest BCUT2D eigenvalue weighted by Gasteiger charge is 2.34. The van der Waals surface area contributed by atoms with E-state index < -0.39 is 22.2 Å². The Kier molecular flexibility index (Phi) is 6.66. The van der Waals surface area contributed by atoms with Crippen LogP contribution in [0.5, 0.6) is 0 Å². The van der Waals surface area contributed by atoms with Gasteiger partial charge in [0.05, 0.1) is 27.8 Å². The number of anilines is 1. The molecule has 2 aromatic rings. The van der Waals surface area contributed by atoms with Crippen LogP contribution in [0.1, 0.15) is 30.5 Å². The number of fused-ring (bicyclic) bond motifs is 1. The summed E-state index contributed by atoms with van der Waals surface area (Å²) < 4.78 is 49.1. The highest BCUT2D eigenvalue weighted by atomic mass is 35.5. The summed E-state index contributed by atoms with van der Waals surface area (Å²) in [5.41, 5.74) is 0.998.